The van der Waals surface area contributed by atoms with Crippen molar-refractivity contribution in [3.05, 3.63) is 35.1 Å². The fourth-order valence-electron chi connectivity index (χ4n) is 2.68. The van der Waals surface area contributed by atoms with Crippen LogP contribution < -0.4 is 0 Å². The maximum atomic E-state index is 13.9. The summed E-state index contributed by atoms with van der Waals surface area (Å²) < 4.78 is 40.3. The van der Waals surface area contributed by atoms with Crippen molar-refractivity contribution in [3.63, 3.8) is 0 Å². The quantitative estimate of drug-likeness (QED) is 0.854. The number of benzene rings is 1. The van der Waals surface area contributed by atoms with Crippen molar-refractivity contribution in [1.82, 2.24) is 4.90 Å². The summed E-state index contributed by atoms with van der Waals surface area (Å²) in [4.78, 5) is 24.3. The van der Waals surface area contributed by atoms with E-state index in [1.807, 2.05) is 0 Å². The smallest absolute Gasteiger partial charge is 0.308 e. The van der Waals surface area contributed by atoms with Crippen LogP contribution in [0.15, 0.2) is 12.1 Å². The molecule has 7 heteroatoms. The van der Waals surface area contributed by atoms with E-state index in [1.54, 1.807) is 0 Å². The first-order chi connectivity index (χ1) is 9.82. The van der Waals surface area contributed by atoms with Crippen LogP contribution in [0.5, 0.6) is 0 Å². The van der Waals surface area contributed by atoms with Gasteiger partial charge in [0.1, 0.15) is 5.82 Å². The molecule has 1 aliphatic rings. The molecule has 2 rings (SSSR count). The molecule has 0 aliphatic carbocycles. The molecule has 0 saturated carbocycles. The highest BCUT2D eigenvalue weighted by atomic mass is 19.2. The van der Waals surface area contributed by atoms with Crippen LogP contribution in [0.4, 0.5) is 13.2 Å². The van der Waals surface area contributed by atoms with Gasteiger partial charge in [-0.05, 0) is 18.9 Å². The number of carbonyl (C=O) groups excluding carboxylic acids is 1. The van der Waals surface area contributed by atoms with Crippen molar-refractivity contribution in [1.29, 1.82) is 0 Å². The number of hydrogen-bond acceptors (Lipinski definition) is 2. The first-order valence-corrected chi connectivity index (χ1v) is 6.46. The molecule has 1 N–H and O–H groups in total. The molecule has 1 aliphatic heterocycles. The number of hydrogen-bond donors (Lipinski definition) is 1. The van der Waals surface area contributed by atoms with Gasteiger partial charge in [-0.1, -0.05) is 0 Å². The highest BCUT2D eigenvalue weighted by Crippen LogP contribution is 2.36. The number of nitrogens with zero attached hydrogens (tertiary/aromatic N) is 1. The first kappa shape index (κ1) is 15.3. The lowest BCUT2D eigenvalue weighted by atomic mass is 9.89. The van der Waals surface area contributed by atoms with E-state index in [4.69, 9.17) is 0 Å². The minimum Gasteiger partial charge on any atom is -0.481 e. The number of carbonyl (C=O) groups is 2. The Morgan fingerprint density at radius 2 is 1.86 bits per heavy atom. The predicted molar refractivity (Wildman–Crippen MR) is 66.8 cm³/mol. The third-order valence-corrected chi connectivity index (χ3v) is 3.77. The van der Waals surface area contributed by atoms with E-state index in [0.29, 0.717) is 18.6 Å². The molecule has 1 amide bonds. The Hall–Kier alpha value is -2.05. The van der Waals surface area contributed by atoms with Crippen molar-refractivity contribution < 1.29 is 27.9 Å². The highest BCUT2D eigenvalue weighted by molar-refractivity contribution is 5.79. The zero-order valence-corrected chi connectivity index (χ0v) is 11.3. The van der Waals surface area contributed by atoms with Crippen molar-refractivity contribution in [3.8, 4) is 0 Å². The number of halogens is 3. The van der Waals surface area contributed by atoms with Gasteiger partial charge in [0.05, 0.1) is 12.0 Å². The zero-order valence-electron chi connectivity index (χ0n) is 11.3. The lowest BCUT2D eigenvalue weighted by Gasteiger charge is -2.31. The van der Waals surface area contributed by atoms with Crippen molar-refractivity contribution in [2.45, 2.75) is 25.3 Å². The van der Waals surface area contributed by atoms with Crippen LogP contribution in [0.3, 0.4) is 0 Å². The molecule has 21 heavy (non-hydrogen) atoms. The predicted octanol–water partition coefficient (Wildman–Crippen LogP) is 2.49. The highest BCUT2D eigenvalue weighted by Gasteiger charge is 2.38. The summed E-state index contributed by atoms with van der Waals surface area (Å²) in [5.74, 6) is -6.32. The van der Waals surface area contributed by atoms with Crippen molar-refractivity contribution in [2.75, 3.05) is 7.05 Å². The second kappa shape index (κ2) is 5.75. The van der Waals surface area contributed by atoms with E-state index in [2.05, 4.69) is 0 Å². The van der Waals surface area contributed by atoms with Gasteiger partial charge in [-0.3, -0.25) is 9.59 Å². The summed E-state index contributed by atoms with van der Waals surface area (Å²) in [5, 5.41) is 9.29. The van der Waals surface area contributed by atoms with Crippen molar-refractivity contribution >= 4 is 11.9 Å². The molecule has 0 bridgehead atoms. The van der Waals surface area contributed by atoms with E-state index < -0.39 is 35.4 Å². The van der Waals surface area contributed by atoms with Crippen LogP contribution in [0.2, 0.25) is 0 Å². The Balaban J connectivity index is 2.56. The molecule has 4 nitrogen and oxygen atoms in total. The van der Waals surface area contributed by atoms with Gasteiger partial charge in [-0.2, -0.15) is 0 Å². The summed E-state index contributed by atoms with van der Waals surface area (Å²) in [6.45, 7) is 0. The van der Waals surface area contributed by atoms with Gasteiger partial charge in [-0.25, -0.2) is 13.2 Å². The first-order valence-electron chi connectivity index (χ1n) is 6.46. The molecule has 1 saturated heterocycles. The van der Waals surface area contributed by atoms with Crippen LogP contribution in [0, 0.1) is 23.4 Å². The van der Waals surface area contributed by atoms with E-state index in [1.165, 1.54) is 7.05 Å². The number of likely N-dealkylation sites (tertiary alicyclic amines) is 1. The maximum absolute atomic E-state index is 13.9. The van der Waals surface area contributed by atoms with Crippen LogP contribution in [0.25, 0.3) is 0 Å². The third kappa shape index (κ3) is 2.86. The maximum Gasteiger partial charge on any atom is 0.308 e. The molecular weight excluding hydrogens is 287 g/mol. The molecule has 0 radical (unpaired) electrons. The molecular formula is C14H14F3NO3. The minimum absolute atomic E-state index is 0.141. The van der Waals surface area contributed by atoms with Gasteiger partial charge in [0.15, 0.2) is 11.6 Å². The third-order valence-electron chi connectivity index (χ3n) is 3.77. The van der Waals surface area contributed by atoms with Gasteiger partial charge in [0, 0.05) is 25.1 Å². The topological polar surface area (TPSA) is 57.6 Å². The van der Waals surface area contributed by atoms with Crippen molar-refractivity contribution in [2.24, 2.45) is 5.92 Å². The number of rotatable bonds is 2. The standard InChI is InChI=1S/C14H14F3NO3/c1-18-12(19)4-2-3-7(14(20)21)13(18)8-5-10(16)11(17)6-9(8)15/h5-7,13H,2-4H2,1H3,(H,20,21). The second-order valence-corrected chi connectivity index (χ2v) is 5.07. The fraction of sp³-hybridized carbons (Fsp3) is 0.429. The average molecular weight is 301 g/mol. The molecule has 1 fully saturated rings. The van der Waals surface area contributed by atoms with Gasteiger partial charge < -0.3 is 10.0 Å². The molecule has 0 spiro atoms. The molecule has 1 aromatic rings. The van der Waals surface area contributed by atoms with Crippen LogP contribution in [-0.4, -0.2) is 28.9 Å². The van der Waals surface area contributed by atoms with Gasteiger partial charge in [0.2, 0.25) is 5.91 Å². The lowest BCUT2D eigenvalue weighted by molar-refractivity contribution is -0.145. The number of aliphatic carboxylic acids is 1. The monoisotopic (exact) mass is 301 g/mol. The number of carboxylic acid groups (broad SMARTS) is 1. The normalized spacial score (nSPS) is 23.0. The van der Waals surface area contributed by atoms with E-state index >= 15 is 0 Å². The van der Waals surface area contributed by atoms with E-state index in [9.17, 15) is 27.9 Å². The fourth-order valence-corrected chi connectivity index (χ4v) is 2.68. The van der Waals surface area contributed by atoms with E-state index in [0.717, 1.165) is 4.90 Å². The van der Waals surface area contributed by atoms with Gasteiger partial charge in [0.25, 0.3) is 0 Å². The number of carboxylic acids is 1. The molecule has 0 aromatic heterocycles. The summed E-state index contributed by atoms with van der Waals surface area (Å²) >= 11 is 0. The molecule has 2 atom stereocenters. The van der Waals surface area contributed by atoms with E-state index in [-0.39, 0.29) is 24.3 Å². The minimum atomic E-state index is -1.36. The Kier molecular flexibility index (Phi) is 4.20. The van der Waals surface area contributed by atoms with Crippen LogP contribution in [-0.2, 0) is 9.59 Å². The zero-order chi connectivity index (χ0) is 15.7. The molecule has 1 heterocycles. The summed E-state index contributed by atoms with van der Waals surface area (Å²) in [5.41, 5.74) is -0.320. The summed E-state index contributed by atoms with van der Waals surface area (Å²) in [7, 11) is 1.34. The Labute approximate surface area is 119 Å². The van der Waals surface area contributed by atoms with Crippen LogP contribution >= 0.6 is 0 Å². The Bertz CT molecular complexity index is 591. The Morgan fingerprint density at radius 3 is 2.48 bits per heavy atom. The molecule has 114 valence electrons. The lowest BCUT2D eigenvalue weighted by Crippen LogP contribution is -2.36. The molecule has 1 aromatic carbocycles. The summed E-state index contributed by atoms with van der Waals surface area (Å²) in [6.07, 6.45) is 0.651. The Morgan fingerprint density at radius 1 is 1.24 bits per heavy atom. The largest absolute Gasteiger partial charge is 0.481 e. The number of amides is 1. The second-order valence-electron chi connectivity index (χ2n) is 5.07. The molecule has 2 unspecified atom stereocenters. The van der Waals surface area contributed by atoms with Crippen LogP contribution in [0.1, 0.15) is 30.9 Å². The van der Waals surface area contributed by atoms with Gasteiger partial charge >= 0.3 is 5.97 Å². The average Bonchev–Trinajstić information content (AvgIpc) is 2.55. The van der Waals surface area contributed by atoms with Gasteiger partial charge in [-0.15, -0.1) is 0 Å². The summed E-state index contributed by atoms with van der Waals surface area (Å²) in [6, 6.07) is -0.166. The SMILES string of the molecule is CN1C(=O)CCCC(C(=O)O)C1c1cc(F)c(F)cc1F.